The number of benzene rings is 1. The van der Waals surface area contributed by atoms with Gasteiger partial charge in [0.2, 0.25) is 0 Å². The van der Waals surface area contributed by atoms with E-state index in [4.69, 9.17) is 5.21 Å². The van der Waals surface area contributed by atoms with E-state index >= 15 is 0 Å². The maximum absolute atomic E-state index is 8.56. The smallest absolute Gasteiger partial charge is 0.0976 e. The van der Waals surface area contributed by atoms with Gasteiger partial charge in [0.1, 0.15) is 0 Å². The summed E-state index contributed by atoms with van der Waals surface area (Å²) in [6, 6.07) is 7.84. The van der Waals surface area contributed by atoms with E-state index in [1.807, 2.05) is 38.1 Å². The quantitative estimate of drug-likeness (QED) is 0.435. The molecule has 14 heavy (non-hydrogen) atoms. The number of rotatable bonds is 2. The van der Waals surface area contributed by atoms with Gasteiger partial charge in [-0.3, -0.25) is 4.99 Å². The lowest BCUT2D eigenvalue weighted by Crippen LogP contribution is -2.04. The van der Waals surface area contributed by atoms with Crippen molar-refractivity contribution in [1.29, 1.82) is 0 Å². The molecule has 3 heteroatoms. The number of nitrogens with zero attached hydrogens (tertiary/aromatic N) is 2. The zero-order valence-electron chi connectivity index (χ0n) is 8.65. The highest BCUT2D eigenvalue weighted by Gasteiger charge is 1.99. The summed E-state index contributed by atoms with van der Waals surface area (Å²) in [6.45, 7) is 5.54. The standard InChI is InChI=1S/C11H14N2O/c1-8-6-4-5-7-11(8)12-9(2)10(3)13-14/h4-7,14H,1-3H3/b12-9-,13-10-. The average molecular weight is 190 g/mol. The molecule has 0 bridgehead atoms. The topological polar surface area (TPSA) is 45.0 Å². The van der Waals surface area contributed by atoms with Crippen LogP contribution in [0.2, 0.25) is 0 Å². The molecule has 0 aliphatic carbocycles. The van der Waals surface area contributed by atoms with Gasteiger partial charge in [-0.2, -0.15) is 0 Å². The van der Waals surface area contributed by atoms with Crippen molar-refractivity contribution >= 4 is 17.1 Å². The van der Waals surface area contributed by atoms with E-state index in [2.05, 4.69) is 10.1 Å². The van der Waals surface area contributed by atoms with Gasteiger partial charge in [0.15, 0.2) is 0 Å². The van der Waals surface area contributed by atoms with Gasteiger partial charge in [0.25, 0.3) is 0 Å². The van der Waals surface area contributed by atoms with Gasteiger partial charge in [-0.1, -0.05) is 23.4 Å². The number of hydrogen-bond acceptors (Lipinski definition) is 3. The molecule has 3 nitrogen and oxygen atoms in total. The molecule has 0 saturated carbocycles. The van der Waals surface area contributed by atoms with Crippen molar-refractivity contribution in [3.63, 3.8) is 0 Å². The van der Waals surface area contributed by atoms with Crippen LogP contribution in [-0.4, -0.2) is 16.6 Å². The van der Waals surface area contributed by atoms with Crippen molar-refractivity contribution < 1.29 is 5.21 Å². The molecule has 0 fully saturated rings. The molecule has 0 amide bonds. The van der Waals surface area contributed by atoms with E-state index in [0.29, 0.717) is 5.71 Å². The van der Waals surface area contributed by atoms with Gasteiger partial charge in [0, 0.05) is 0 Å². The highest BCUT2D eigenvalue weighted by atomic mass is 16.4. The molecule has 0 saturated heterocycles. The number of hydrogen-bond donors (Lipinski definition) is 1. The van der Waals surface area contributed by atoms with Gasteiger partial charge < -0.3 is 5.21 Å². The minimum atomic E-state index is 0.535. The molecule has 1 aromatic rings. The fourth-order valence-electron chi connectivity index (χ4n) is 1.02. The van der Waals surface area contributed by atoms with E-state index in [9.17, 15) is 0 Å². The van der Waals surface area contributed by atoms with Crippen LogP contribution in [0.5, 0.6) is 0 Å². The van der Waals surface area contributed by atoms with Crippen LogP contribution in [0.15, 0.2) is 34.4 Å². The fraction of sp³-hybridized carbons (Fsp3) is 0.273. The van der Waals surface area contributed by atoms with E-state index in [-0.39, 0.29) is 0 Å². The third-order valence-electron chi connectivity index (χ3n) is 2.08. The Bertz CT molecular complexity index is 381. The Hall–Kier alpha value is -1.64. The Balaban J connectivity index is 3.04. The van der Waals surface area contributed by atoms with Gasteiger partial charge in [-0.25, -0.2) is 0 Å². The largest absolute Gasteiger partial charge is 0.411 e. The SMILES string of the molecule is CC(=N/O)/C(C)=N\c1ccccc1C. The van der Waals surface area contributed by atoms with E-state index in [1.54, 1.807) is 6.92 Å². The average Bonchev–Trinajstić information content (AvgIpc) is 2.20. The molecule has 0 heterocycles. The molecule has 0 radical (unpaired) electrons. The zero-order valence-corrected chi connectivity index (χ0v) is 8.65. The molecular formula is C11H14N2O. The van der Waals surface area contributed by atoms with Crippen molar-refractivity contribution in [3.05, 3.63) is 29.8 Å². The highest BCUT2D eigenvalue weighted by Crippen LogP contribution is 2.17. The van der Waals surface area contributed by atoms with Gasteiger partial charge in [0.05, 0.1) is 17.1 Å². The predicted octanol–water partition coefficient (Wildman–Crippen LogP) is 2.94. The van der Waals surface area contributed by atoms with E-state index < -0.39 is 0 Å². The van der Waals surface area contributed by atoms with Crippen molar-refractivity contribution in [2.75, 3.05) is 0 Å². The number of para-hydroxylation sites is 1. The van der Waals surface area contributed by atoms with Crippen LogP contribution in [0.4, 0.5) is 5.69 Å². The van der Waals surface area contributed by atoms with Crippen LogP contribution in [0, 0.1) is 6.92 Å². The lowest BCUT2D eigenvalue weighted by atomic mass is 10.2. The molecular weight excluding hydrogens is 176 g/mol. The van der Waals surface area contributed by atoms with Gasteiger partial charge >= 0.3 is 0 Å². The first-order valence-corrected chi connectivity index (χ1v) is 4.45. The normalized spacial score (nSPS) is 13.1. The fourth-order valence-corrected chi connectivity index (χ4v) is 1.02. The molecule has 0 unspecified atom stereocenters. The van der Waals surface area contributed by atoms with Gasteiger partial charge in [-0.05, 0) is 32.4 Å². The first-order chi connectivity index (χ1) is 6.65. The molecule has 1 rings (SSSR count). The second-order valence-electron chi connectivity index (χ2n) is 3.17. The minimum Gasteiger partial charge on any atom is -0.411 e. The molecule has 0 aliphatic rings. The first-order valence-electron chi connectivity index (χ1n) is 4.45. The second-order valence-corrected chi connectivity index (χ2v) is 3.17. The van der Waals surface area contributed by atoms with E-state index in [0.717, 1.165) is 17.0 Å². The summed E-state index contributed by atoms with van der Waals surface area (Å²) in [4.78, 5) is 4.36. The summed E-state index contributed by atoms with van der Waals surface area (Å²) in [5, 5.41) is 11.7. The Morgan fingerprint density at radius 2 is 1.79 bits per heavy atom. The maximum atomic E-state index is 8.56. The number of oxime groups is 1. The third kappa shape index (κ3) is 2.42. The zero-order chi connectivity index (χ0) is 10.6. The minimum absolute atomic E-state index is 0.535. The van der Waals surface area contributed by atoms with Crippen LogP contribution in [0.3, 0.4) is 0 Å². The second kappa shape index (κ2) is 4.56. The highest BCUT2D eigenvalue weighted by molar-refractivity contribution is 6.40. The Morgan fingerprint density at radius 1 is 1.14 bits per heavy atom. The molecule has 1 N–H and O–H groups in total. The summed E-state index contributed by atoms with van der Waals surface area (Å²) in [5.41, 5.74) is 3.28. The van der Waals surface area contributed by atoms with Crippen LogP contribution >= 0.6 is 0 Å². The molecule has 1 aromatic carbocycles. The third-order valence-corrected chi connectivity index (χ3v) is 2.08. The summed E-state index contributed by atoms with van der Waals surface area (Å²) < 4.78 is 0. The Morgan fingerprint density at radius 3 is 2.36 bits per heavy atom. The number of aryl methyl sites for hydroxylation is 1. The molecule has 0 aliphatic heterocycles. The van der Waals surface area contributed by atoms with Crippen LogP contribution in [-0.2, 0) is 0 Å². The lowest BCUT2D eigenvalue weighted by molar-refractivity contribution is 0.320. The van der Waals surface area contributed by atoms with Crippen LogP contribution in [0.25, 0.3) is 0 Å². The monoisotopic (exact) mass is 190 g/mol. The summed E-state index contributed by atoms with van der Waals surface area (Å²) >= 11 is 0. The lowest BCUT2D eigenvalue weighted by Gasteiger charge is -2.01. The summed E-state index contributed by atoms with van der Waals surface area (Å²) in [6.07, 6.45) is 0. The van der Waals surface area contributed by atoms with Gasteiger partial charge in [-0.15, -0.1) is 0 Å². The summed E-state index contributed by atoms with van der Waals surface area (Å²) in [5.74, 6) is 0. The summed E-state index contributed by atoms with van der Waals surface area (Å²) in [7, 11) is 0. The Labute approximate surface area is 83.8 Å². The maximum Gasteiger partial charge on any atom is 0.0976 e. The molecule has 74 valence electrons. The van der Waals surface area contributed by atoms with Crippen LogP contribution in [0.1, 0.15) is 19.4 Å². The van der Waals surface area contributed by atoms with Crippen molar-refractivity contribution in [3.8, 4) is 0 Å². The van der Waals surface area contributed by atoms with Crippen LogP contribution < -0.4 is 0 Å². The van der Waals surface area contributed by atoms with Crippen molar-refractivity contribution in [1.82, 2.24) is 0 Å². The first kappa shape index (κ1) is 10.4. The predicted molar refractivity (Wildman–Crippen MR) is 58.8 cm³/mol. The van der Waals surface area contributed by atoms with Crippen molar-refractivity contribution in [2.45, 2.75) is 20.8 Å². The molecule has 0 atom stereocenters. The molecule has 0 aromatic heterocycles. The van der Waals surface area contributed by atoms with Crippen molar-refractivity contribution in [2.24, 2.45) is 10.1 Å². The van der Waals surface area contributed by atoms with E-state index in [1.165, 1.54) is 0 Å². The Kier molecular flexibility index (Phi) is 3.40. The molecule has 0 spiro atoms. The number of aliphatic imine (C=N–C) groups is 1.